The minimum atomic E-state index is -0.417. The molecule has 27 heavy (non-hydrogen) atoms. The highest BCUT2D eigenvalue weighted by Gasteiger charge is 2.26. The van der Waals surface area contributed by atoms with Crippen molar-refractivity contribution in [1.82, 2.24) is 24.6 Å². The van der Waals surface area contributed by atoms with Crippen molar-refractivity contribution < 1.29 is 9.18 Å². The molecule has 0 spiro atoms. The molecular weight excluding hydrogens is 347 g/mol. The number of hydrogen-bond donors (Lipinski definition) is 1. The van der Waals surface area contributed by atoms with Gasteiger partial charge < -0.3 is 10.2 Å². The molecule has 0 radical (unpaired) electrons. The zero-order valence-corrected chi connectivity index (χ0v) is 14.6. The third-order valence-corrected chi connectivity index (χ3v) is 4.54. The molecule has 1 aliphatic rings. The molecule has 1 amide bonds. The maximum atomic E-state index is 13.5. The van der Waals surface area contributed by atoms with Crippen LogP contribution in [0.15, 0.2) is 55.0 Å². The van der Waals surface area contributed by atoms with Crippen molar-refractivity contribution in [2.45, 2.75) is 13.1 Å². The van der Waals surface area contributed by atoms with E-state index >= 15 is 0 Å². The maximum absolute atomic E-state index is 13.5. The first-order chi connectivity index (χ1) is 13.2. The van der Waals surface area contributed by atoms with Gasteiger partial charge in [0.25, 0.3) is 5.91 Å². The van der Waals surface area contributed by atoms with Crippen LogP contribution in [0.3, 0.4) is 0 Å². The molecular formula is C19H19FN6O. The summed E-state index contributed by atoms with van der Waals surface area (Å²) in [6.07, 6.45) is 5.08. The SMILES string of the molecule is O=C(c1cccc(F)c1)N1Cc2ccnn2C[C@H](CNc2ncccn2)C1. The highest BCUT2D eigenvalue weighted by molar-refractivity contribution is 5.94. The van der Waals surface area contributed by atoms with Gasteiger partial charge >= 0.3 is 0 Å². The largest absolute Gasteiger partial charge is 0.354 e. The summed E-state index contributed by atoms with van der Waals surface area (Å²) < 4.78 is 15.5. The quantitative estimate of drug-likeness (QED) is 0.766. The summed E-state index contributed by atoms with van der Waals surface area (Å²) in [5, 5.41) is 7.57. The second-order valence-electron chi connectivity index (χ2n) is 6.52. The summed E-state index contributed by atoms with van der Waals surface area (Å²) >= 11 is 0. The highest BCUT2D eigenvalue weighted by atomic mass is 19.1. The van der Waals surface area contributed by atoms with Gasteiger partial charge in [-0.25, -0.2) is 14.4 Å². The van der Waals surface area contributed by atoms with Crippen LogP contribution in [0, 0.1) is 11.7 Å². The molecule has 0 unspecified atom stereocenters. The number of anilines is 1. The number of nitrogens with zero attached hydrogens (tertiary/aromatic N) is 5. The molecule has 8 heteroatoms. The Balaban J connectivity index is 1.54. The van der Waals surface area contributed by atoms with Crippen molar-refractivity contribution in [3.05, 3.63) is 72.1 Å². The van der Waals surface area contributed by atoms with Gasteiger partial charge in [0.15, 0.2) is 0 Å². The molecule has 4 rings (SSSR count). The smallest absolute Gasteiger partial charge is 0.254 e. The van der Waals surface area contributed by atoms with Crippen molar-refractivity contribution in [1.29, 1.82) is 0 Å². The molecule has 1 atom stereocenters. The average Bonchev–Trinajstić information content (AvgIpc) is 3.04. The lowest BCUT2D eigenvalue weighted by Gasteiger charge is -2.24. The monoisotopic (exact) mass is 366 g/mol. The number of halogens is 1. The first-order valence-electron chi connectivity index (χ1n) is 8.75. The van der Waals surface area contributed by atoms with E-state index in [1.54, 1.807) is 41.7 Å². The van der Waals surface area contributed by atoms with Gasteiger partial charge in [0, 0.05) is 49.7 Å². The molecule has 1 N–H and O–H groups in total. The normalized spacial score (nSPS) is 16.5. The van der Waals surface area contributed by atoms with Gasteiger partial charge in [-0.3, -0.25) is 9.48 Å². The second-order valence-corrected chi connectivity index (χ2v) is 6.52. The Kier molecular flexibility index (Phi) is 4.78. The molecule has 1 aromatic carbocycles. The zero-order valence-electron chi connectivity index (χ0n) is 14.6. The fraction of sp³-hybridized carbons (Fsp3) is 0.263. The lowest BCUT2D eigenvalue weighted by molar-refractivity contribution is 0.0723. The summed E-state index contributed by atoms with van der Waals surface area (Å²) in [6, 6.07) is 9.46. The number of fused-ring (bicyclic) bond motifs is 1. The van der Waals surface area contributed by atoms with Crippen LogP contribution in [0.1, 0.15) is 16.1 Å². The van der Waals surface area contributed by atoms with Crippen LogP contribution in [0.5, 0.6) is 0 Å². The first-order valence-corrected chi connectivity index (χ1v) is 8.75. The van der Waals surface area contributed by atoms with E-state index in [0.717, 1.165) is 5.69 Å². The van der Waals surface area contributed by atoms with Crippen LogP contribution in [-0.4, -0.2) is 43.6 Å². The van der Waals surface area contributed by atoms with Crippen molar-refractivity contribution >= 4 is 11.9 Å². The summed E-state index contributed by atoms with van der Waals surface area (Å²) in [7, 11) is 0. The number of benzene rings is 1. The van der Waals surface area contributed by atoms with Gasteiger partial charge in [-0.15, -0.1) is 0 Å². The molecule has 138 valence electrons. The van der Waals surface area contributed by atoms with Crippen LogP contribution in [0.4, 0.5) is 10.3 Å². The Morgan fingerprint density at radius 2 is 2.00 bits per heavy atom. The fourth-order valence-corrected chi connectivity index (χ4v) is 3.25. The molecule has 3 heterocycles. The molecule has 1 aliphatic heterocycles. The molecule has 0 aliphatic carbocycles. The number of carbonyl (C=O) groups excluding carboxylic acids is 1. The molecule has 2 aromatic heterocycles. The van der Waals surface area contributed by atoms with Crippen LogP contribution in [0.2, 0.25) is 0 Å². The lowest BCUT2D eigenvalue weighted by Crippen LogP contribution is -2.36. The van der Waals surface area contributed by atoms with Gasteiger partial charge in [-0.2, -0.15) is 5.10 Å². The molecule has 3 aromatic rings. The first kappa shape index (κ1) is 17.1. The number of nitrogens with one attached hydrogen (secondary N) is 1. The van der Waals surface area contributed by atoms with E-state index in [2.05, 4.69) is 20.4 Å². The van der Waals surface area contributed by atoms with E-state index < -0.39 is 5.82 Å². The second kappa shape index (κ2) is 7.53. The van der Waals surface area contributed by atoms with Crippen LogP contribution in [0.25, 0.3) is 0 Å². The Morgan fingerprint density at radius 3 is 2.81 bits per heavy atom. The number of amides is 1. The van der Waals surface area contributed by atoms with Crippen LogP contribution < -0.4 is 5.32 Å². The molecule has 0 fully saturated rings. The molecule has 0 bridgehead atoms. The number of hydrogen-bond acceptors (Lipinski definition) is 5. The Bertz CT molecular complexity index is 929. The third kappa shape index (κ3) is 3.94. The standard InChI is InChI=1S/C19H19FN6O/c20-16-4-1-3-15(9-16)18(27)25-11-14(10-23-19-21-6-2-7-22-19)12-26-17(13-25)5-8-24-26/h1-9,14H,10-13H2,(H,21,22,23)/t14-/m1/s1. The van der Waals surface area contributed by atoms with E-state index in [9.17, 15) is 9.18 Å². The number of carbonyl (C=O) groups is 1. The van der Waals surface area contributed by atoms with E-state index in [4.69, 9.17) is 0 Å². The highest BCUT2D eigenvalue weighted by Crippen LogP contribution is 2.19. The van der Waals surface area contributed by atoms with Gasteiger partial charge in [0.1, 0.15) is 5.82 Å². The van der Waals surface area contributed by atoms with Crippen molar-refractivity contribution in [3.63, 3.8) is 0 Å². The van der Waals surface area contributed by atoms with Crippen LogP contribution >= 0.6 is 0 Å². The van der Waals surface area contributed by atoms with Crippen molar-refractivity contribution in [3.8, 4) is 0 Å². The maximum Gasteiger partial charge on any atom is 0.254 e. The summed E-state index contributed by atoms with van der Waals surface area (Å²) in [5.41, 5.74) is 1.30. The lowest BCUT2D eigenvalue weighted by atomic mass is 10.1. The van der Waals surface area contributed by atoms with E-state index in [0.29, 0.717) is 37.7 Å². The topological polar surface area (TPSA) is 75.9 Å². The fourth-order valence-electron chi connectivity index (χ4n) is 3.25. The predicted molar refractivity (Wildman–Crippen MR) is 97.4 cm³/mol. The van der Waals surface area contributed by atoms with Crippen molar-refractivity contribution in [2.24, 2.45) is 5.92 Å². The van der Waals surface area contributed by atoms with Crippen LogP contribution in [-0.2, 0) is 13.1 Å². The summed E-state index contributed by atoms with van der Waals surface area (Å²) in [6.45, 7) is 2.23. The van der Waals surface area contributed by atoms with Gasteiger partial charge in [0.2, 0.25) is 5.95 Å². The van der Waals surface area contributed by atoms with E-state index in [1.807, 2.05) is 10.7 Å². The summed E-state index contributed by atoms with van der Waals surface area (Å²) in [4.78, 5) is 23.0. The molecule has 0 saturated carbocycles. The van der Waals surface area contributed by atoms with E-state index in [-0.39, 0.29) is 11.8 Å². The van der Waals surface area contributed by atoms with E-state index in [1.165, 1.54) is 12.1 Å². The minimum Gasteiger partial charge on any atom is -0.354 e. The van der Waals surface area contributed by atoms with Gasteiger partial charge in [0.05, 0.1) is 12.2 Å². The molecule has 7 nitrogen and oxygen atoms in total. The predicted octanol–water partition coefficient (Wildman–Crippen LogP) is 2.20. The summed E-state index contributed by atoms with van der Waals surface area (Å²) in [5.74, 6) is 0.0446. The Labute approximate surface area is 155 Å². The molecule has 0 saturated heterocycles. The van der Waals surface area contributed by atoms with Gasteiger partial charge in [-0.1, -0.05) is 6.07 Å². The third-order valence-electron chi connectivity index (χ3n) is 4.54. The Hall–Kier alpha value is -3.29. The van der Waals surface area contributed by atoms with Crippen molar-refractivity contribution in [2.75, 3.05) is 18.4 Å². The minimum absolute atomic E-state index is 0.104. The number of aromatic nitrogens is 4. The zero-order chi connectivity index (χ0) is 18.6. The van der Waals surface area contributed by atoms with Gasteiger partial charge in [-0.05, 0) is 30.3 Å². The Morgan fingerprint density at radius 1 is 1.15 bits per heavy atom. The average molecular weight is 366 g/mol. The number of rotatable bonds is 4.